The molecular weight excluding hydrogens is 433 g/mol. The summed E-state index contributed by atoms with van der Waals surface area (Å²) in [5.74, 6) is -1.29. The number of fused-ring (bicyclic) bond motifs is 2. The molecule has 0 radical (unpaired) electrons. The summed E-state index contributed by atoms with van der Waals surface area (Å²) in [5, 5.41) is 4.68. The Kier molecular flexibility index (Phi) is 4.99. The van der Waals surface area contributed by atoms with Crippen molar-refractivity contribution in [3.8, 4) is 0 Å². The van der Waals surface area contributed by atoms with Crippen LogP contribution < -0.4 is 5.32 Å². The van der Waals surface area contributed by atoms with Gasteiger partial charge in [-0.1, -0.05) is 23.7 Å². The summed E-state index contributed by atoms with van der Waals surface area (Å²) >= 11 is 6.07. The van der Waals surface area contributed by atoms with Gasteiger partial charge in [-0.3, -0.25) is 9.59 Å². The molecule has 158 valence electrons. The van der Waals surface area contributed by atoms with Gasteiger partial charge < -0.3 is 14.2 Å². The van der Waals surface area contributed by atoms with Crippen LogP contribution in [0.3, 0.4) is 0 Å². The summed E-state index contributed by atoms with van der Waals surface area (Å²) < 4.78 is 24.6. The van der Waals surface area contributed by atoms with E-state index in [2.05, 4.69) is 5.32 Å². The summed E-state index contributed by atoms with van der Waals surface area (Å²) in [4.78, 5) is 26.0. The number of halogens is 2. The van der Waals surface area contributed by atoms with Gasteiger partial charge in [-0.2, -0.15) is 0 Å². The molecule has 0 unspecified atom stereocenters. The molecule has 0 aliphatic heterocycles. The van der Waals surface area contributed by atoms with Crippen molar-refractivity contribution in [2.75, 3.05) is 5.32 Å². The molecule has 2 aromatic heterocycles. The van der Waals surface area contributed by atoms with Crippen LogP contribution in [0, 0.1) is 5.82 Å². The van der Waals surface area contributed by atoms with Gasteiger partial charge in [-0.05, 0) is 54.6 Å². The number of nitrogens with one attached hydrogen (secondary N) is 1. The van der Waals surface area contributed by atoms with Crippen molar-refractivity contribution in [1.29, 1.82) is 0 Å². The molecule has 5 rings (SSSR count). The van der Waals surface area contributed by atoms with Crippen molar-refractivity contribution in [1.82, 2.24) is 0 Å². The maximum absolute atomic E-state index is 13.3. The van der Waals surface area contributed by atoms with E-state index in [1.807, 2.05) is 0 Å². The zero-order valence-corrected chi connectivity index (χ0v) is 17.3. The van der Waals surface area contributed by atoms with Gasteiger partial charge in [-0.15, -0.1) is 0 Å². The lowest BCUT2D eigenvalue weighted by Crippen LogP contribution is -2.16. The number of hydrogen-bond acceptors (Lipinski definition) is 4. The number of carbonyl (C=O) groups is 2. The highest BCUT2D eigenvalue weighted by Gasteiger charge is 2.24. The number of para-hydroxylation sites is 1. The minimum Gasteiger partial charge on any atom is -0.464 e. The van der Waals surface area contributed by atoms with E-state index < -0.39 is 11.6 Å². The van der Waals surface area contributed by atoms with Crippen LogP contribution in [0.25, 0.3) is 21.9 Å². The Morgan fingerprint density at radius 2 is 1.72 bits per heavy atom. The molecule has 0 spiro atoms. The standard InChI is InChI=1S/C25H15ClFNO4/c26-16-7-10-20-19(12-16)15(13-31-20)11-22(29)28-23-18-3-1-2-4-21(18)32-25(23)24(30)14-5-8-17(27)9-6-14/h1-10,12-13H,11H2,(H,28,29). The number of rotatable bonds is 5. The highest BCUT2D eigenvalue weighted by Crippen LogP contribution is 2.33. The number of hydrogen-bond donors (Lipinski definition) is 1. The summed E-state index contributed by atoms with van der Waals surface area (Å²) in [7, 11) is 0. The second-order valence-corrected chi connectivity index (χ2v) is 7.70. The lowest BCUT2D eigenvalue weighted by atomic mass is 10.1. The average Bonchev–Trinajstić information content (AvgIpc) is 3.35. The molecule has 0 atom stereocenters. The van der Waals surface area contributed by atoms with E-state index in [1.54, 1.807) is 42.5 Å². The number of furan rings is 2. The molecule has 1 N–H and O–H groups in total. The third-order valence-corrected chi connectivity index (χ3v) is 5.37. The fraction of sp³-hybridized carbons (Fsp3) is 0.0400. The zero-order valence-electron chi connectivity index (χ0n) is 16.5. The van der Waals surface area contributed by atoms with Crippen LogP contribution in [0.4, 0.5) is 10.1 Å². The molecule has 3 aromatic carbocycles. The second kappa shape index (κ2) is 7.98. The predicted octanol–water partition coefficient (Wildman–Crippen LogP) is 6.38. The molecule has 0 aliphatic rings. The van der Waals surface area contributed by atoms with E-state index in [0.29, 0.717) is 27.1 Å². The molecule has 0 saturated carbocycles. The lowest BCUT2D eigenvalue weighted by Gasteiger charge is -2.06. The van der Waals surface area contributed by atoms with Gasteiger partial charge in [-0.25, -0.2) is 4.39 Å². The first kappa shape index (κ1) is 20.0. The summed E-state index contributed by atoms with van der Waals surface area (Å²) in [6, 6.07) is 17.3. The highest BCUT2D eigenvalue weighted by molar-refractivity contribution is 6.31. The van der Waals surface area contributed by atoms with Crippen molar-refractivity contribution < 1.29 is 22.8 Å². The van der Waals surface area contributed by atoms with Crippen molar-refractivity contribution in [2.45, 2.75) is 6.42 Å². The summed E-state index contributed by atoms with van der Waals surface area (Å²) in [6.07, 6.45) is 1.52. The van der Waals surface area contributed by atoms with Crippen molar-refractivity contribution in [2.24, 2.45) is 0 Å². The predicted molar refractivity (Wildman–Crippen MR) is 120 cm³/mol. The van der Waals surface area contributed by atoms with Crippen LogP contribution in [-0.4, -0.2) is 11.7 Å². The molecule has 5 nitrogen and oxygen atoms in total. The fourth-order valence-electron chi connectivity index (χ4n) is 3.61. The first-order chi connectivity index (χ1) is 15.5. The molecule has 7 heteroatoms. The smallest absolute Gasteiger partial charge is 0.230 e. The number of carbonyl (C=O) groups excluding carboxylic acids is 2. The van der Waals surface area contributed by atoms with Gasteiger partial charge in [0.05, 0.1) is 18.4 Å². The highest BCUT2D eigenvalue weighted by atomic mass is 35.5. The molecule has 32 heavy (non-hydrogen) atoms. The topological polar surface area (TPSA) is 72.5 Å². The third kappa shape index (κ3) is 3.65. The number of ketones is 1. The Morgan fingerprint density at radius 3 is 2.53 bits per heavy atom. The molecule has 0 saturated heterocycles. The van der Waals surface area contributed by atoms with Crippen molar-refractivity contribution >= 4 is 50.9 Å². The summed E-state index contributed by atoms with van der Waals surface area (Å²) in [6.45, 7) is 0. The van der Waals surface area contributed by atoms with E-state index in [9.17, 15) is 14.0 Å². The minimum atomic E-state index is -0.461. The molecule has 0 aliphatic carbocycles. The van der Waals surface area contributed by atoms with Crippen LogP contribution in [0.1, 0.15) is 21.7 Å². The van der Waals surface area contributed by atoms with E-state index >= 15 is 0 Å². The van der Waals surface area contributed by atoms with Crippen LogP contribution >= 0.6 is 11.6 Å². The quantitative estimate of drug-likeness (QED) is 0.317. The minimum absolute atomic E-state index is 0.0109. The molecule has 5 aromatic rings. The Balaban J connectivity index is 1.49. The van der Waals surface area contributed by atoms with E-state index in [-0.39, 0.29) is 29.3 Å². The van der Waals surface area contributed by atoms with Gasteiger partial charge in [0.1, 0.15) is 17.0 Å². The first-order valence-corrected chi connectivity index (χ1v) is 10.1. The van der Waals surface area contributed by atoms with E-state index in [0.717, 1.165) is 5.39 Å². The maximum atomic E-state index is 13.3. The Hall–Kier alpha value is -3.90. The first-order valence-electron chi connectivity index (χ1n) is 9.77. The molecule has 0 bridgehead atoms. The average molecular weight is 448 g/mol. The van der Waals surface area contributed by atoms with Crippen molar-refractivity contribution in [3.63, 3.8) is 0 Å². The maximum Gasteiger partial charge on any atom is 0.230 e. The number of anilines is 1. The SMILES string of the molecule is O=C(Cc1coc2ccc(Cl)cc12)Nc1c(C(=O)c2ccc(F)cc2)oc2ccccc12. The van der Waals surface area contributed by atoms with E-state index in [1.165, 1.54) is 30.5 Å². The number of amides is 1. The zero-order chi connectivity index (χ0) is 22.2. The molecule has 0 fully saturated rings. The Bertz CT molecular complexity index is 1480. The fourth-order valence-corrected chi connectivity index (χ4v) is 3.78. The molecule has 2 heterocycles. The molecule has 1 amide bonds. The lowest BCUT2D eigenvalue weighted by molar-refractivity contribution is -0.115. The Labute approximate surface area is 186 Å². The largest absolute Gasteiger partial charge is 0.464 e. The molecular formula is C25H15ClFNO4. The van der Waals surface area contributed by atoms with Gasteiger partial charge in [0, 0.05) is 26.9 Å². The number of benzene rings is 3. The Morgan fingerprint density at radius 1 is 0.938 bits per heavy atom. The monoisotopic (exact) mass is 447 g/mol. The van der Waals surface area contributed by atoms with Gasteiger partial charge in [0.2, 0.25) is 11.7 Å². The normalized spacial score (nSPS) is 11.2. The van der Waals surface area contributed by atoms with E-state index in [4.69, 9.17) is 20.4 Å². The summed E-state index contributed by atoms with van der Waals surface area (Å²) in [5.41, 5.74) is 2.26. The second-order valence-electron chi connectivity index (χ2n) is 7.26. The van der Waals surface area contributed by atoms with Gasteiger partial charge in [0.15, 0.2) is 5.76 Å². The van der Waals surface area contributed by atoms with Crippen molar-refractivity contribution in [3.05, 3.63) is 101 Å². The van der Waals surface area contributed by atoms with Crippen LogP contribution in [0.2, 0.25) is 5.02 Å². The van der Waals surface area contributed by atoms with Crippen LogP contribution in [0.5, 0.6) is 0 Å². The van der Waals surface area contributed by atoms with Crippen LogP contribution in [-0.2, 0) is 11.2 Å². The van der Waals surface area contributed by atoms with Gasteiger partial charge >= 0.3 is 0 Å². The third-order valence-electron chi connectivity index (χ3n) is 5.14. The van der Waals surface area contributed by atoms with Gasteiger partial charge in [0.25, 0.3) is 0 Å². The van der Waals surface area contributed by atoms with Crippen LogP contribution in [0.15, 0.2) is 81.8 Å².